The Bertz CT molecular complexity index is 701. The highest BCUT2D eigenvalue weighted by Crippen LogP contribution is 2.19. The summed E-state index contributed by atoms with van der Waals surface area (Å²) in [4.78, 5) is 0. The fourth-order valence-corrected chi connectivity index (χ4v) is 2.55. The van der Waals surface area contributed by atoms with Crippen LogP contribution in [0.2, 0.25) is 5.02 Å². The number of halogens is 2. The van der Waals surface area contributed by atoms with Gasteiger partial charge in [-0.1, -0.05) is 24.6 Å². The lowest BCUT2D eigenvalue weighted by atomic mass is 10.2. The fraction of sp³-hybridized carbons (Fsp3) is 0.375. The Balaban J connectivity index is 2.07. The van der Waals surface area contributed by atoms with Crippen molar-refractivity contribution in [3.05, 3.63) is 46.4 Å². The lowest BCUT2D eigenvalue weighted by Crippen LogP contribution is -2.35. The molecule has 7 heteroatoms. The minimum absolute atomic E-state index is 0.302. The normalized spacial score (nSPS) is 12.0. The molecule has 1 aromatic heterocycles. The van der Waals surface area contributed by atoms with E-state index in [-0.39, 0.29) is 5.82 Å². The van der Waals surface area contributed by atoms with Crippen LogP contribution >= 0.6 is 23.8 Å². The molecule has 124 valence electrons. The molecule has 1 unspecified atom stereocenters. The number of nitrogens with zero attached hydrogens (tertiary/aromatic N) is 2. The second-order valence-electron chi connectivity index (χ2n) is 5.47. The number of rotatable bonds is 5. The van der Waals surface area contributed by atoms with Gasteiger partial charge in [0.05, 0.1) is 6.54 Å². The summed E-state index contributed by atoms with van der Waals surface area (Å²) < 4.78 is 14.9. The number of hydrogen-bond donors (Lipinski definition) is 2. The topological polar surface area (TPSA) is 41.9 Å². The molecule has 23 heavy (non-hydrogen) atoms. The summed E-state index contributed by atoms with van der Waals surface area (Å²) in [6, 6.07) is 6.57. The van der Waals surface area contributed by atoms with Gasteiger partial charge in [0.2, 0.25) is 0 Å². The van der Waals surface area contributed by atoms with Gasteiger partial charge < -0.3 is 10.6 Å². The van der Waals surface area contributed by atoms with E-state index in [0.717, 1.165) is 17.7 Å². The highest BCUT2D eigenvalue weighted by atomic mass is 35.5. The Hall–Kier alpha value is -1.66. The van der Waals surface area contributed by atoms with Crippen molar-refractivity contribution >= 4 is 34.7 Å². The SMILES string of the molecule is CCC(C)NC(=S)Nc1cc(C)n(Cc2ccc(F)cc2Cl)n1. The van der Waals surface area contributed by atoms with Crippen molar-refractivity contribution in [2.24, 2.45) is 0 Å². The van der Waals surface area contributed by atoms with Gasteiger partial charge in [0.15, 0.2) is 10.9 Å². The van der Waals surface area contributed by atoms with Crippen LogP contribution in [0.15, 0.2) is 24.3 Å². The Morgan fingerprint density at radius 1 is 1.43 bits per heavy atom. The molecular formula is C16H20ClFN4S. The monoisotopic (exact) mass is 354 g/mol. The van der Waals surface area contributed by atoms with E-state index in [2.05, 4.69) is 29.6 Å². The number of aromatic nitrogens is 2. The zero-order chi connectivity index (χ0) is 17.0. The first-order valence-electron chi connectivity index (χ1n) is 7.45. The third kappa shape index (κ3) is 4.91. The quantitative estimate of drug-likeness (QED) is 0.793. The zero-order valence-corrected chi connectivity index (χ0v) is 14.9. The van der Waals surface area contributed by atoms with Gasteiger partial charge in [-0.05, 0) is 50.2 Å². The Kier molecular flexibility index (Phi) is 5.96. The van der Waals surface area contributed by atoms with E-state index in [1.165, 1.54) is 12.1 Å². The molecule has 4 nitrogen and oxygen atoms in total. The zero-order valence-electron chi connectivity index (χ0n) is 13.4. The van der Waals surface area contributed by atoms with E-state index in [1.54, 1.807) is 10.7 Å². The van der Waals surface area contributed by atoms with Gasteiger partial charge in [0.25, 0.3) is 0 Å². The van der Waals surface area contributed by atoms with Crippen molar-refractivity contribution < 1.29 is 4.39 Å². The van der Waals surface area contributed by atoms with Crippen LogP contribution in [-0.2, 0) is 6.54 Å². The van der Waals surface area contributed by atoms with Gasteiger partial charge in [-0.2, -0.15) is 5.10 Å². The summed E-state index contributed by atoms with van der Waals surface area (Å²) in [7, 11) is 0. The van der Waals surface area contributed by atoms with Crippen molar-refractivity contribution in [3.63, 3.8) is 0 Å². The smallest absolute Gasteiger partial charge is 0.172 e. The average Bonchev–Trinajstić information content (AvgIpc) is 2.81. The second-order valence-corrected chi connectivity index (χ2v) is 6.29. The Labute approximate surface area is 146 Å². The van der Waals surface area contributed by atoms with Crippen molar-refractivity contribution in [1.82, 2.24) is 15.1 Å². The molecule has 2 aromatic rings. The third-order valence-electron chi connectivity index (χ3n) is 3.55. The summed E-state index contributed by atoms with van der Waals surface area (Å²) in [6.45, 7) is 6.57. The van der Waals surface area contributed by atoms with E-state index in [9.17, 15) is 4.39 Å². The molecule has 0 radical (unpaired) electrons. The van der Waals surface area contributed by atoms with Gasteiger partial charge in [-0.3, -0.25) is 4.68 Å². The molecule has 0 amide bonds. The van der Waals surface area contributed by atoms with E-state index in [4.69, 9.17) is 23.8 Å². The van der Waals surface area contributed by atoms with Crippen LogP contribution in [0.5, 0.6) is 0 Å². The highest BCUT2D eigenvalue weighted by Gasteiger charge is 2.09. The second kappa shape index (κ2) is 7.75. The maximum Gasteiger partial charge on any atom is 0.172 e. The van der Waals surface area contributed by atoms with E-state index in [1.807, 2.05) is 13.0 Å². The summed E-state index contributed by atoms with van der Waals surface area (Å²) in [5.74, 6) is 0.321. The molecule has 0 saturated carbocycles. The number of hydrogen-bond acceptors (Lipinski definition) is 2. The Morgan fingerprint density at radius 3 is 2.83 bits per heavy atom. The number of nitrogens with one attached hydrogen (secondary N) is 2. The van der Waals surface area contributed by atoms with Crippen molar-refractivity contribution in [2.75, 3.05) is 5.32 Å². The van der Waals surface area contributed by atoms with Gasteiger partial charge in [0.1, 0.15) is 5.82 Å². The molecule has 2 N–H and O–H groups in total. The standard InChI is InChI=1S/C16H20ClFN4S/c1-4-10(2)19-16(23)20-15-7-11(3)22(21-15)9-12-5-6-13(18)8-14(12)17/h5-8,10H,4,9H2,1-3H3,(H2,19,20,21,23). The van der Waals surface area contributed by atoms with E-state index in [0.29, 0.717) is 28.5 Å². The van der Waals surface area contributed by atoms with Gasteiger partial charge >= 0.3 is 0 Å². The van der Waals surface area contributed by atoms with E-state index < -0.39 is 0 Å². The van der Waals surface area contributed by atoms with Crippen molar-refractivity contribution in [1.29, 1.82) is 0 Å². The summed E-state index contributed by atoms with van der Waals surface area (Å²) in [6.07, 6.45) is 0.984. The minimum atomic E-state index is -0.347. The van der Waals surface area contributed by atoms with Crippen LogP contribution in [0.3, 0.4) is 0 Å². The number of benzene rings is 1. The van der Waals surface area contributed by atoms with Gasteiger partial charge in [-0.15, -0.1) is 0 Å². The lowest BCUT2D eigenvalue weighted by molar-refractivity contribution is 0.623. The molecule has 1 heterocycles. The predicted molar refractivity (Wildman–Crippen MR) is 96.6 cm³/mol. The van der Waals surface area contributed by atoms with Gasteiger partial charge in [0, 0.05) is 22.8 Å². The first-order valence-corrected chi connectivity index (χ1v) is 8.23. The lowest BCUT2D eigenvalue weighted by Gasteiger charge is -2.13. The molecule has 2 rings (SSSR count). The molecule has 1 atom stereocenters. The Morgan fingerprint density at radius 2 is 2.17 bits per heavy atom. The molecule has 1 aromatic carbocycles. The van der Waals surface area contributed by atoms with Crippen LogP contribution in [0, 0.1) is 12.7 Å². The largest absolute Gasteiger partial charge is 0.360 e. The van der Waals surface area contributed by atoms with Crippen molar-refractivity contribution in [2.45, 2.75) is 39.8 Å². The molecule has 0 aliphatic rings. The fourth-order valence-electron chi connectivity index (χ4n) is 2.02. The molecule has 0 aliphatic carbocycles. The maximum absolute atomic E-state index is 13.1. The average molecular weight is 355 g/mol. The van der Waals surface area contributed by atoms with Crippen LogP contribution in [0.25, 0.3) is 0 Å². The molecule has 0 aliphatic heterocycles. The van der Waals surface area contributed by atoms with Crippen LogP contribution in [0.1, 0.15) is 31.5 Å². The van der Waals surface area contributed by atoms with E-state index >= 15 is 0 Å². The molecule has 0 fully saturated rings. The van der Waals surface area contributed by atoms with Crippen LogP contribution in [0.4, 0.5) is 10.2 Å². The molecular weight excluding hydrogens is 335 g/mol. The van der Waals surface area contributed by atoms with Crippen molar-refractivity contribution in [3.8, 4) is 0 Å². The number of thiocarbonyl (C=S) groups is 1. The molecule has 0 saturated heterocycles. The highest BCUT2D eigenvalue weighted by molar-refractivity contribution is 7.80. The minimum Gasteiger partial charge on any atom is -0.360 e. The maximum atomic E-state index is 13.1. The predicted octanol–water partition coefficient (Wildman–Crippen LogP) is 4.12. The summed E-state index contributed by atoms with van der Waals surface area (Å²) in [5, 5.41) is 11.7. The first kappa shape index (κ1) is 17.7. The molecule has 0 spiro atoms. The number of anilines is 1. The number of aryl methyl sites for hydroxylation is 1. The summed E-state index contributed by atoms with van der Waals surface area (Å²) in [5.41, 5.74) is 1.77. The molecule has 0 bridgehead atoms. The summed E-state index contributed by atoms with van der Waals surface area (Å²) >= 11 is 11.3. The van der Waals surface area contributed by atoms with Gasteiger partial charge in [-0.25, -0.2) is 4.39 Å². The van der Waals surface area contributed by atoms with Crippen LogP contribution < -0.4 is 10.6 Å². The first-order chi connectivity index (χ1) is 10.9. The third-order valence-corrected chi connectivity index (χ3v) is 4.12. The van der Waals surface area contributed by atoms with Crippen LogP contribution in [-0.4, -0.2) is 20.9 Å².